The standard InChI is InChI=1S/C23H23ClN4O2S2/c1-30-21-9-8-17(15-19(21)24)28-22(29)20(16-18-7-5-14-31-18)26-23(28)32-13-4-2-3-11-27-12-6-10-25-27/h5-10,12,14-16H,2-4,11,13H2,1H3/b20-16-. The van der Waals surface area contributed by atoms with Crippen molar-refractivity contribution in [2.75, 3.05) is 17.8 Å². The number of amidine groups is 1. The first kappa shape index (κ1) is 22.6. The van der Waals surface area contributed by atoms with Crippen LogP contribution in [0.4, 0.5) is 5.69 Å². The lowest BCUT2D eigenvalue weighted by Gasteiger charge is -2.18. The number of ether oxygens (including phenoxy) is 1. The Balaban J connectivity index is 1.45. The molecule has 9 heteroatoms. The van der Waals surface area contributed by atoms with Gasteiger partial charge in [-0.25, -0.2) is 4.99 Å². The van der Waals surface area contributed by atoms with Gasteiger partial charge in [0.15, 0.2) is 5.17 Å². The third-order valence-electron chi connectivity index (χ3n) is 4.87. The number of thioether (sulfide) groups is 1. The molecule has 0 aliphatic carbocycles. The van der Waals surface area contributed by atoms with Crippen LogP contribution in [-0.4, -0.2) is 33.7 Å². The van der Waals surface area contributed by atoms with Crippen LogP contribution in [0.1, 0.15) is 24.1 Å². The maximum atomic E-state index is 13.2. The summed E-state index contributed by atoms with van der Waals surface area (Å²) in [4.78, 5) is 20.5. The molecule has 0 radical (unpaired) electrons. The van der Waals surface area contributed by atoms with Crippen molar-refractivity contribution in [3.8, 4) is 5.75 Å². The van der Waals surface area contributed by atoms with Crippen LogP contribution in [-0.2, 0) is 11.3 Å². The van der Waals surface area contributed by atoms with Gasteiger partial charge in [-0.05, 0) is 54.6 Å². The van der Waals surface area contributed by atoms with Crippen LogP contribution in [0.25, 0.3) is 6.08 Å². The number of carbonyl (C=O) groups excluding carboxylic acids is 1. The van der Waals surface area contributed by atoms with Crippen molar-refractivity contribution in [3.63, 3.8) is 0 Å². The quantitative estimate of drug-likeness (QED) is 0.277. The molecule has 1 amide bonds. The number of hydrogen-bond donors (Lipinski definition) is 0. The largest absolute Gasteiger partial charge is 0.495 e. The van der Waals surface area contributed by atoms with Crippen LogP contribution < -0.4 is 9.64 Å². The summed E-state index contributed by atoms with van der Waals surface area (Å²) in [5.41, 5.74) is 1.11. The van der Waals surface area contributed by atoms with Crippen molar-refractivity contribution >= 4 is 57.5 Å². The zero-order chi connectivity index (χ0) is 22.3. The summed E-state index contributed by atoms with van der Waals surface area (Å²) in [5.74, 6) is 1.29. The monoisotopic (exact) mass is 486 g/mol. The number of aryl methyl sites for hydroxylation is 1. The second kappa shape index (κ2) is 10.8. The van der Waals surface area contributed by atoms with E-state index >= 15 is 0 Å². The maximum Gasteiger partial charge on any atom is 0.283 e. The van der Waals surface area contributed by atoms with Gasteiger partial charge < -0.3 is 4.74 Å². The summed E-state index contributed by atoms with van der Waals surface area (Å²) in [6, 6.07) is 11.2. The molecule has 1 aromatic carbocycles. The lowest BCUT2D eigenvalue weighted by molar-refractivity contribution is -0.113. The average molecular weight is 487 g/mol. The van der Waals surface area contributed by atoms with Gasteiger partial charge in [-0.15, -0.1) is 11.3 Å². The van der Waals surface area contributed by atoms with E-state index < -0.39 is 0 Å². The fourth-order valence-electron chi connectivity index (χ4n) is 3.27. The molecule has 0 saturated carbocycles. The molecule has 4 rings (SSSR count). The normalized spacial score (nSPS) is 14.9. The second-order valence-electron chi connectivity index (χ2n) is 7.08. The molecular weight excluding hydrogens is 464 g/mol. The molecule has 3 aromatic rings. The number of methoxy groups -OCH3 is 1. The number of benzene rings is 1. The van der Waals surface area contributed by atoms with Gasteiger partial charge in [0.05, 0.1) is 17.8 Å². The second-order valence-corrected chi connectivity index (χ2v) is 9.53. The Morgan fingerprint density at radius 2 is 2.12 bits per heavy atom. The number of nitrogens with zero attached hydrogens (tertiary/aromatic N) is 4. The average Bonchev–Trinajstić information content (AvgIpc) is 3.54. The number of halogens is 1. The fraction of sp³-hybridized carbons (Fsp3) is 0.261. The van der Waals surface area contributed by atoms with Crippen molar-refractivity contribution in [1.82, 2.24) is 9.78 Å². The van der Waals surface area contributed by atoms with E-state index in [1.54, 1.807) is 53.4 Å². The molecule has 166 valence electrons. The highest BCUT2D eigenvalue weighted by atomic mass is 35.5. The van der Waals surface area contributed by atoms with Crippen molar-refractivity contribution in [2.45, 2.75) is 25.8 Å². The third-order valence-corrected chi connectivity index (χ3v) is 7.01. The molecular formula is C23H23ClN4O2S2. The van der Waals surface area contributed by atoms with Gasteiger partial charge in [0.2, 0.25) is 0 Å². The topological polar surface area (TPSA) is 59.7 Å². The fourth-order valence-corrected chi connectivity index (χ4v) is 5.19. The van der Waals surface area contributed by atoms with E-state index in [-0.39, 0.29) is 5.91 Å². The van der Waals surface area contributed by atoms with Gasteiger partial charge in [-0.3, -0.25) is 14.4 Å². The van der Waals surface area contributed by atoms with E-state index in [0.717, 1.165) is 36.4 Å². The summed E-state index contributed by atoms with van der Waals surface area (Å²) in [5, 5.41) is 7.34. The molecule has 0 N–H and O–H groups in total. The number of hydrogen-bond acceptors (Lipinski definition) is 6. The minimum Gasteiger partial charge on any atom is -0.495 e. The highest BCUT2D eigenvalue weighted by molar-refractivity contribution is 8.14. The number of unbranched alkanes of at least 4 members (excludes halogenated alkanes) is 2. The first-order valence-corrected chi connectivity index (χ1v) is 12.5. The van der Waals surface area contributed by atoms with Crippen LogP contribution >= 0.6 is 34.7 Å². The van der Waals surface area contributed by atoms with Gasteiger partial charge >= 0.3 is 0 Å². The van der Waals surface area contributed by atoms with E-state index in [4.69, 9.17) is 16.3 Å². The Labute approximate surface area is 200 Å². The molecule has 3 heterocycles. The van der Waals surface area contributed by atoms with Gasteiger partial charge in [-0.1, -0.05) is 35.9 Å². The van der Waals surface area contributed by atoms with Crippen molar-refractivity contribution < 1.29 is 9.53 Å². The molecule has 0 bridgehead atoms. The first-order valence-electron chi connectivity index (χ1n) is 10.3. The molecule has 0 saturated heterocycles. The van der Waals surface area contributed by atoms with E-state index in [0.29, 0.717) is 27.3 Å². The third kappa shape index (κ3) is 5.43. The molecule has 0 fully saturated rings. The van der Waals surface area contributed by atoms with Gasteiger partial charge in [0.1, 0.15) is 11.4 Å². The van der Waals surface area contributed by atoms with Gasteiger partial charge in [-0.2, -0.15) is 5.10 Å². The zero-order valence-corrected chi connectivity index (χ0v) is 20.0. The smallest absolute Gasteiger partial charge is 0.283 e. The van der Waals surface area contributed by atoms with Crippen LogP contribution in [0.2, 0.25) is 5.02 Å². The lowest BCUT2D eigenvalue weighted by Crippen LogP contribution is -2.30. The Hall–Kier alpha value is -2.55. The van der Waals surface area contributed by atoms with Crippen molar-refractivity contribution in [2.24, 2.45) is 4.99 Å². The number of anilines is 1. The first-order chi connectivity index (χ1) is 15.7. The molecule has 2 aromatic heterocycles. The number of rotatable bonds is 9. The summed E-state index contributed by atoms with van der Waals surface area (Å²) < 4.78 is 7.20. The predicted octanol–water partition coefficient (Wildman–Crippen LogP) is 5.95. The number of aliphatic imine (C=N–C) groups is 1. The molecule has 6 nitrogen and oxygen atoms in total. The number of thiophene rings is 1. The zero-order valence-electron chi connectivity index (χ0n) is 17.6. The van der Waals surface area contributed by atoms with Crippen LogP contribution in [0.5, 0.6) is 5.75 Å². The van der Waals surface area contributed by atoms with E-state index in [9.17, 15) is 4.79 Å². The molecule has 0 spiro atoms. The summed E-state index contributed by atoms with van der Waals surface area (Å²) >= 11 is 9.50. The van der Waals surface area contributed by atoms with Crippen molar-refractivity contribution in [1.29, 1.82) is 0 Å². The molecule has 32 heavy (non-hydrogen) atoms. The molecule has 0 atom stereocenters. The summed E-state index contributed by atoms with van der Waals surface area (Å²) in [6.07, 6.45) is 8.79. The van der Waals surface area contributed by atoms with Gasteiger partial charge in [0, 0.05) is 29.6 Å². The van der Waals surface area contributed by atoms with Crippen LogP contribution in [0, 0.1) is 0 Å². The maximum absolute atomic E-state index is 13.2. The highest BCUT2D eigenvalue weighted by Crippen LogP contribution is 2.34. The van der Waals surface area contributed by atoms with Crippen LogP contribution in [0.15, 0.2) is 64.9 Å². The highest BCUT2D eigenvalue weighted by Gasteiger charge is 2.32. The van der Waals surface area contributed by atoms with E-state index in [2.05, 4.69) is 10.1 Å². The predicted molar refractivity (Wildman–Crippen MR) is 134 cm³/mol. The minimum atomic E-state index is -0.152. The Bertz CT molecular complexity index is 1110. The van der Waals surface area contributed by atoms with Gasteiger partial charge in [0.25, 0.3) is 5.91 Å². The number of amides is 1. The summed E-state index contributed by atoms with van der Waals surface area (Å²) in [6.45, 7) is 0.918. The van der Waals surface area contributed by atoms with E-state index in [1.807, 2.05) is 46.6 Å². The SMILES string of the molecule is COc1ccc(N2C(=O)/C(=C/c3cccs3)N=C2SCCCCCn2cccn2)cc1Cl. The molecule has 1 aliphatic rings. The Morgan fingerprint density at radius 1 is 1.22 bits per heavy atom. The minimum absolute atomic E-state index is 0.152. The van der Waals surface area contributed by atoms with Crippen molar-refractivity contribution in [3.05, 3.63) is 69.8 Å². The molecule has 0 unspecified atom stereocenters. The Kier molecular flexibility index (Phi) is 7.68. The van der Waals surface area contributed by atoms with Crippen LogP contribution in [0.3, 0.4) is 0 Å². The number of aromatic nitrogens is 2. The summed E-state index contributed by atoms with van der Waals surface area (Å²) in [7, 11) is 1.57. The number of carbonyl (C=O) groups is 1. The molecule has 1 aliphatic heterocycles. The lowest BCUT2D eigenvalue weighted by atomic mass is 10.2. The van der Waals surface area contributed by atoms with E-state index in [1.165, 1.54) is 0 Å². The Morgan fingerprint density at radius 3 is 2.84 bits per heavy atom.